The summed E-state index contributed by atoms with van der Waals surface area (Å²) in [6.07, 6.45) is 1.26. The molecule has 0 saturated heterocycles. The molecule has 0 unspecified atom stereocenters. The van der Waals surface area contributed by atoms with E-state index < -0.39 is 0 Å². The van der Waals surface area contributed by atoms with Crippen LogP contribution < -0.4 is 10.6 Å². The normalized spacial score (nSPS) is 11.0. The van der Waals surface area contributed by atoms with Crippen LogP contribution in [0.5, 0.6) is 0 Å². The summed E-state index contributed by atoms with van der Waals surface area (Å²) >= 11 is 1.73. The first-order valence-corrected chi connectivity index (χ1v) is 10.5. The van der Waals surface area contributed by atoms with Crippen LogP contribution in [-0.2, 0) is 17.8 Å². The fraction of sp³-hybridized carbons (Fsp3) is 0.476. The summed E-state index contributed by atoms with van der Waals surface area (Å²) in [5.74, 6) is 0.854. The van der Waals surface area contributed by atoms with Crippen molar-refractivity contribution in [2.24, 2.45) is 4.99 Å². The first-order valence-electron chi connectivity index (χ1n) is 9.72. The first-order chi connectivity index (χ1) is 13.5. The molecule has 1 aromatic carbocycles. The molecule has 1 amide bonds. The minimum atomic E-state index is 0. The number of halogens is 1. The maximum Gasteiger partial charge on any atom is 0.224 e. The van der Waals surface area contributed by atoms with E-state index in [2.05, 4.69) is 27.5 Å². The quantitative estimate of drug-likeness (QED) is 0.296. The Hall–Kier alpha value is -1.68. The number of carbonyl (C=O) groups excluding carboxylic acids is 1. The number of benzene rings is 1. The molecule has 2 N–H and O–H groups in total. The van der Waals surface area contributed by atoms with Gasteiger partial charge in [-0.25, -0.2) is 4.98 Å². The van der Waals surface area contributed by atoms with Gasteiger partial charge in [-0.15, -0.1) is 35.3 Å². The monoisotopic (exact) mass is 529 g/mol. The van der Waals surface area contributed by atoms with E-state index in [-0.39, 0.29) is 29.9 Å². The van der Waals surface area contributed by atoms with Crippen molar-refractivity contribution in [3.8, 4) is 0 Å². The average Bonchev–Trinajstić information content (AvgIpc) is 3.00. The van der Waals surface area contributed by atoms with Crippen molar-refractivity contribution in [1.82, 2.24) is 20.5 Å². The molecule has 2 aromatic rings. The van der Waals surface area contributed by atoms with Crippen LogP contribution in [0.2, 0.25) is 0 Å². The third kappa shape index (κ3) is 9.12. The van der Waals surface area contributed by atoms with Gasteiger partial charge in [0.15, 0.2) is 5.96 Å². The highest BCUT2D eigenvalue weighted by Gasteiger charge is 2.09. The Kier molecular flexibility index (Phi) is 11.8. The number of carbonyl (C=O) groups is 1. The van der Waals surface area contributed by atoms with Crippen molar-refractivity contribution in [2.75, 3.05) is 26.7 Å². The Morgan fingerprint density at radius 3 is 2.55 bits per heavy atom. The molecule has 1 aromatic heterocycles. The van der Waals surface area contributed by atoms with Gasteiger partial charge in [0.25, 0.3) is 0 Å². The van der Waals surface area contributed by atoms with Crippen LogP contribution in [0.25, 0.3) is 0 Å². The van der Waals surface area contributed by atoms with Crippen molar-refractivity contribution < 1.29 is 4.79 Å². The van der Waals surface area contributed by atoms with Crippen molar-refractivity contribution >= 4 is 47.2 Å². The second-order valence-corrected chi connectivity index (χ2v) is 7.96. The van der Waals surface area contributed by atoms with Gasteiger partial charge in [0.1, 0.15) is 0 Å². The molecule has 0 fully saturated rings. The summed E-state index contributed by atoms with van der Waals surface area (Å²) < 4.78 is 0. The molecule has 0 spiro atoms. The minimum Gasteiger partial charge on any atom is -0.357 e. The average molecular weight is 529 g/mol. The molecule has 2 rings (SSSR count). The first kappa shape index (κ1) is 25.4. The Morgan fingerprint density at radius 2 is 1.93 bits per heavy atom. The third-order valence-electron chi connectivity index (χ3n) is 4.33. The lowest BCUT2D eigenvalue weighted by atomic mass is 10.2. The van der Waals surface area contributed by atoms with Crippen LogP contribution >= 0.6 is 35.3 Å². The van der Waals surface area contributed by atoms with Gasteiger partial charge < -0.3 is 15.5 Å². The van der Waals surface area contributed by atoms with E-state index in [0.717, 1.165) is 35.2 Å². The number of thiazole rings is 1. The van der Waals surface area contributed by atoms with Gasteiger partial charge >= 0.3 is 0 Å². The molecule has 6 nitrogen and oxygen atoms in total. The van der Waals surface area contributed by atoms with Crippen LogP contribution in [0.4, 0.5) is 0 Å². The van der Waals surface area contributed by atoms with Gasteiger partial charge in [-0.3, -0.25) is 9.79 Å². The second kappa shape index (κ2) is 13.5. The number of aromatic nitrogens is 1. The molecule has 29 heavy (non-hydrogen) atoms. The van der Waals surface area contributed by atoms with Gasteiger partial charge in [-0.2, -0.15) is 0 Å². The molecule has 0 bridgehead atoms. The van der Waals surface area contributed by atoms with Gasteiger partial charge in [0.2, 0.25) is 5.91 Å². The maximum absolute atomic E-state index is 12.3. The van der Waals surface area contributed by atoms with Crippen LogP contribution in [0.3, 0.4) is 0 Å². The van der Waals surface area contributed by atoms with E-state index >= 15 is 0 Å². The van der Waals surface area contributed by atoms with E-state index in [0.29, 0.717) is 26.1 Å². The summed E-state index contributed by atoms with van der Waals surface area (Å²) in [6.45, 7) is 8.79. The van der Waals surface area contributed by atoms with Crippen LogP contribution in [0.1, 0.15) is 34.5 Å². The Balaban J connectivity index is 0.00000420. The van der Waals surface area contributed by atoms with Gasteiger partial charge in [-0.1, -0.05) is 30.3 Å². The number of hydrogen-bond donors (Lipinski definition) is 2. The second-order valence-electron chi connectivity index (χ2n) is 6.67. The highest BCUT2D eigenvalue weighted by molar-refractivity contribution is 14.0. The SMILES string of the molecule is CCNC(=NCCc1nc(C)c(C)s1)NCCC(=O)N(C)Cc1ccccc1.I. The molecular weight excluding hydrogens is 497 g/mol. The Bertz CT molecular complexity index is 759. The van der Waals surface area contributed by atoms with Crippen molar-refractivity contribution in [1.29, 1.82) is 0 Å². The fourth-order valence-electron chi connectivity index (χ4n) is 2.68. The molecule has 0 saturated carbocycles. The zero-order valence-corrected chi connectivity index (χ0v) is 20.8. The van der Waals surface area contributed by atoms with E-state index in [9.17, 15) is 4.79 Å². The van der Waals surface area contributed by atoms with Gasteiger partial charge in [0.05, 0.1) is 10.7 Å². The highest BCUT2D eigenvalue weighted by atomic mass is 127. The smallest absolute Gasteiger partial charge is 0.224 e. The number of aliphatic imine (C=N–C) groups is 1. The highest BCUT2D eigenvalue weighted by Crippen LogP contribution is 2.16. The number of aryl methyl sites for hydroxylation is 2. The van der Waals surface area contributed by atoms with E-state index in [1.807, 2.05) is 51.2 Å². The zero-order chi connectivity index (χ0) is 20.4. The molecule has 0 aliphatic carbocycles. The van der Waals surface area contributed by atoms with Crippen LogP contribution in [0, 0.1) is 13.8 Å². The number of hydrogen-bond acceptors (Lipinski definition) is 4. The van der Waals surface area contributed by atoms with E-state index in [4.69, 9.17) is 0 Å². The largest absolute Gasteiger partial charge is 0.357 e. The lowest BCUT2D eigenvalue weighted by molar-refractivity contribution is -0.130. The minimum absolute atomic E-state index is 0. The zero-order valence-electron chi connectivity index (χ0n) is 17.7. The fourth-order valence-corrected chi connectivity index (χ4v) is 3.60. The number of nitrogens with zero attached hydrogens (tertiary/aromatic N) is 3. The van der Waals surface area contributed by atoms with Crippen LogP contribution in [0.15, 0.2) is 35.3 Å². The number of nitrogens with one attached hydrogen (secondary N) is 2. The molecule has 0 radical (unpaired) electrons. The molecule has 8 heteroatoms. The summed E-state index contributed by atoms with van der Waals surface area (Å²) in [6, 6.07) is 10.0. The van der Waals surface area contributed by atoms with E-state index in [1.165, 1.54) is 4.88 Å². The van der Waals surface area contributed by atoms with Crippen molar-refractivity contribution in [2.45, 2.75) is 40.2 Å². The van der Waals surface area contributed by atoms with Gasteiger partial charge in [-0.05, 0) is 26.3 Å². The Morgan fingerprint density at radius 1 is 1.21 bits per heavy atom. The molecular formula is C21H32IN5OS. The summed E-state index contributed by atoms with van der Waals surface area (Å²) in [5, 5.41) is 7.59. The summed E-state index contributed by atoms with van der Waals surface area (Å²) in [4.78, 5) is 24.5. The van der Waals surface area contributed by atoms with Crippen molar-refractivity contribution in [3.63, 3.8) is 0 Å². The van der Waals surface area contributed by atoms with Crippen LogP contribution in [-0.4, -0.2) is 48.4 Å². The van der Waals surface area contributed by atoms with Crippen molar-refractivity contribution in [3.05, 3.63) is 51.5 Å². The lowest BCUT2D eigenvalue weighted by Crippen LogP contribution is -2.39. The molecule has 1 heterocycles. The predicted molar refractivity (Wildman–Crippen MR) is 132 cm³/mol. The maximum atomic E-state index is 12.3. The molecule has 0 atom stereocenters. The number of rotatable bonds is 9. The standard InChI is InChI=1S/C21H31N5OS.HI/c1-5-22-21(23-13-11-19-25-16(2)17(3)28-19)24-14-12-20(27)26(4)15-18-9-7-6-8-10-18;/h6-10H,5,11-15H2,1-4H3,(H2,22,23,24);1H. The number of guanidine groups is 1. The predicted octanol–water partition coefficient (Wildman–Crippen LogP) is 3.52. The number of amides is 1. The molecule has 0 aliphatic rings. The van der Waals surface area contributed by atoms with Gasteiger partial charge in [0, 0.05) is 50.9 Å². The Labute approximate surface area is 195 Å². The molecule has 160 valence electrons. The topological polar surface area (TPSA) is 69.6 Å². The third-order valence-corrected chi connectivity index (χ3v) is 5.46. The molecule has 0 aliphatic heterocycles. The van der Waals surface area contributed by atoms with E-state index in [1.54, 1.807) is 16.2 Å². The lowest BCUT2D eigenvalue weighted by Gasteiger charge is -2.18. The summed E-state index contributed by atoms with van der Waals surface area (Å²) in [5.41, 5.74) is 2.24. The summed E-state index contributed by atoms with van der Waals surface area (Å²) in [7, 11) is 1.84.